The third kappa shape index (κ3) is 23.5. The van der Waals surface area contributed by atoms with Crippen molar-refractivity contribution in [1.82, 2.24) is 16.0 Å². The maximum absolute atomic E-state index is 13.5. The van der Waals surface area contributed by atoms with Crippen molar-refractivity contribution in [3.05, 3.63) is 0 Å². The molecule has 0 aliphatic carbocycles. The van der Waals surface area contributed by atoms with Gasteiger partial charge in [-0.15, -0.1) is 0 Å². The second-order valence-electron chi connectivity index (χ2n) is 35.7. The van der Waals surface area contributed by atoms with Crippen molar-refractivity contribution < 1.29 is 271 Å². The lowest BCUT2D eigenvalue weighted by atomic mass is 9.94. The number of carbonyl (C=O) groups is 3. The maximum Gasteiger partial charge on any atom is 0.217 e. The van der Waals surface area contributed by atoms with Gasteiger partial charge in [-0.05, 0) is 41.5 Å². The van der Waals surface area contributed by atoms with Crippen LogP contribution in [0, 0.1) is 0 Å². The van der Waals surface area contributed by atoms with Crippen LogP contribution >= 0.6 is 0 Å². The lowest BCUT2D eigenvalue weighted by molar-refractivity contribution is -0.407. The normalized spacial score (nSPS) is 52.7. The van der Waals surface area contributed by atoms with Crippen molar-refractivity contribution in [3.8, 4) is 0 Å². The van der Waals surface area contributed by atoms with Gasteiger partial charge in [-0.25, -0.2) is 0 Å². The minimum Gasteiger partial charge on any atom is -0.394 e. The summed E-state index contributed by atoms with van der Waals surface area (Å²) in [5, 5.41) is 336. The molecule has 12 rings (SSSR count). The third-order valence-corrected chi connectivity index (χ3v) is 26.1. The lowest BCUT2D eigenvalue weighted by Crippen LogP contribution is -2.71. The summed E-state index contributed by atoms with van der Waals surface area (Å²) >= 11 is 0. The number of amides is 3. The average molecular weight is 1990 g/mol. The second-order valence-corrected chi connectivity index (χ2v) is 35.7. The van der Waals surface area contributed by atoms with Gasteiger partial charge in [-0.1, -0.05) is 0 Å². The molecule has 60 atom stereocenters. The molecule has 12 aliphatic rings. The molecule has 0 saturated carbocycles. The minimum atomic E-state index is -2.41. The number of rotatable bonds is 31. The Morgan fingerprint density at radius 1 is 0.191 bits per heavy atom. The number of hydrogen-bond acceptors (Lipinski definition) is 55. The summed E-state index contributed by atoms with van der Waals surface area (Å²) in [7, 11) is 0. The van der Waals surface area contributed by atoms with Gasteiger partial charge >= 0.3 is 0 Å². The molecule has 12 saturated heterocycles. The van der Waals surface area contributed by atoms with Gasteiger partial charge in [0, 0.05) is 20.8 Å². The Kier molecular flexibility index (Phi) is 38.6. The number of hydrogen-bond donors (Lipinski definition) is 32. The molecule has 0 spiro atoms. The standard InChI is InChI=1S/C78H131N3O55/c1-16-34(91)46(103)52(109)71(115-16)132-64-49(106)40(97)25(10-82)123-76(64)126-57-32(80-23(8)89)69(121-29(14-86)44(57)101)130-60-38(95)20(5)116-72(54(60)111)134-63-48(105)36(93)18(3)119-75(63)136-66-51(108)42(99)27(12-84)125-78(66)128-58-33(81-24(9)90)70(122-30(15-87)45(58)102)131-61-39(96)21(6)117-73(55(61)112)133-62-47(104)35(92)17(2)118-74(62)135-65-50(107)41(98)26(11-83)124-77(65)127-56-31(79-22(7)88)68(120-28(13-85)43(56)100)129-59-37(94)19(4)114-67(113)53(59)110/h16-21,25-78,82-87,91-113H,10-15H2,1-9H3,(H,79,88)(H,80,89)(H,81,90)/t16-,17-,18-,19-,20-,21-,25+,26+,27+,28+,29+,30+,31+,32+,33+,34-,35-,36-,37-,38-,39-,40-,41-,42-,43+,44+,45+,46+,47+,48+,49-,50-,51-,52+,53+,54+,55+,56+,57+,58+,59+,60+,61+,62+,63+,64+,65+,66+,67+,68+,69+,70+,71-,72-,73-,74-,75-,76+,77+,78+/m0/s1. The van der Waals surface area contributed by atoms with E-state index in [-0.39, 0.29) is 0 Å². The first-order valence-corrected chi connectivity index (χ1v) is 44.3. The van der Waals surface area contributed by atoms with Crippen LogP contribution < -0.4 is 16.0 Å². The number of aliphatic hydroxyl groups excluding tert-OH is 29. The minimum absolute atomic E-state index is 0.879. The van der Waals surface area contributed by atoms with Crippen molar-refractivity contribution in [3.63, 3.8) is 0 Å². The monoisotopic (exact) mass is 1990 g/mol. The van der Waals surface area contributed by atoms with Crippen LogP contribution in [-0.4, -0.2) is 574 Å². The third-order valence-electron chi connectivity index (χ3n) is 26.1. The van der Waals surface area contributed by atoms with Crippen LogP contribution in [0.5, 0.6) is 0 Å². The molecule has 788 valence electrons. The van der Waals surface area contributed by atoms with Gasteiger partial charge in [0.2, 0.25) is 17.7 Å². The Hall–Kier alpha value is -3.67. The van der Waals surface area contributed by atoms with E-state index in [9.17, 15) is 162 Å². The van der Waals surface area contributed by atoms with Crippen LogP contribution in [0.1, 0.15) is 62.3 Å². The molecule has 12 aliphatic heterocycles. The van der Waals surface area contributed by atoms with E-state index in [4.69, 9.17) is 109 Å². The van der Waals surface area contributed by atoms with E-state index in [1.165, 1.54) is 41.5 Å². The summed E-state index contributed by atoms with van der Waals surface area (Å²) in [5.41, 5.74) is 0. The molecular weight excluding hydrogens is 1860 g/mol. The van der Waals surface area contributed by atoms with Crippen LogP contribution in [0.2, 0.25) is 0 Å². The summed E-state index contributed by atoms with van der Waals surface area (Å²) in [6.45, 7) is 3.70. The van der Waals surface area contributed by atoms with Crippen LogP contribution in [-0.2, 0) is 123 Å². The fraction of sp³-hybridized carbons (Fsp3) is 0.962. The molecule has 12 heterocycles. The second kappa shape index (κ2) is 47.2. The molecule has 0 unspecified atom stereocenters. The highest BCUT2D eigenvalue weighted by molar-refractivity contribution is 5.74. The van der Waals surface area contributed by atoms with Gasteiger partial charge in [-0.2, -0.15) is 0 Å². The molecule has 3 amide bonds. The first-order chi connectivity index (χ1) is 64.1. The van der Waals surface area contributed by atoms with Gasteiger partial charge in [0.1, 0.15) is 256 Å². The quantitative estimate of drug-likeness (QED) is 0.0306. The van der Waals surface area contributed by atoms with Crippen molar-refractivity contribution in [1.29, 1.82) is 0 Å². The van der Waals surface area contributed by atoms with Crippen molar-refractivity contribution in [2.24, 2.45) is 0 Å². The van der Waals surface area contributed by atoms with Crippen LogP contribution in [0.3, 0.4) is 0 Å². The lowest BCUT2D eigenvalue weighted by Gasteiger charge is -2.51. The van der Waals surface area contributed by atoms with E-state index in [2.05, 4.69) is 16.0 Å². The molecule has 0 aromatic heterocycles. The zero-order chi connectivity index (χ0) is 100. The molecule has 0 radical (unpaired) electrons. The molecule has 12 fully saturated rings. The van der Waals surface area contributed by atoms with E-state index >= 15 is 0 Å². The predicted octanol–water partition coefficient (Wildman–Crippen LogP) is -20.6. The first kappa shape index (κ1) is 111. The highest BCUT2D eigenvalue weighted by Crippen LogP contribution is 2.43. The molecule has 0 aromatic rings. The van der Waals surface area contributed by atoms with E-state index in [1.807, 2.05) is 0 Å². The topological polar surface area (TPSA) is 886 Å². The van der Waals surface area contributed by atoms with E-state index < -0.39 is 426 Å². The molecular formula is C78H131N3O55. The van der Waals surface area contributed by atoms with Gasteiger partial charge in [0.05, 0.1) is 76.3 Å². The molecule has 58 nitrogen and oxygen atoms in total. The molecule has 136 heavy (non-hydrogen) atoms. The first-order valence-electron chi connectivity index (χ1n) is 44.3. The average Bonchev–Trinajstić information content (AvgIpc) is 0.764. The number of carbonyl (C=O) groups excluding carboxylic acids is 3. The largest absolute Gasteiger partial charge is 0.394 e. The summed E-state index contributed by atoms with van der Waals surface area (Å²) in [5.74, 6) is -2.82. The van der Waals surface area contributed by atoms with Crippen molar-refractivity contribution in [2.45, 2.75) is 431 Å². The van der Waals surface area contributed by atoms with Crippen molar-refractivity contribution >= 4 is 17.7 Å². The van der Waals surface area contributed by atoms with Crippen LogP contribution in [0.25, 0.3) is 0 Å². The van der Waals surface area contributed by atoms with Crippen LogP contribution in [0.15, 0.2) is 0 Å². The van der Waals surface area contributed by atoms with Gasteiger partial charge in [0.15, 0.2) is 75.5 Å². The van der Waals surface area contributed by atoms with E-state index in [0.29, 0.717) is 0 Å². The Morgan fingerprint density at radius 3 is 0.654 bits per heavy atom. The highest BCUT2D eigenvalue weighted by Gasteiger charge is 2.64. The molecule has 58 heteroatoms. The Bertz CT molecular complexity index is 3730. The fourth-order valence-corrected chi connectivity index (χ4v) is 18.2. The Morgan fingerprint density at radius 2 is 0.382 bits per heavy atom. The summed E-state index contributed by atoms with van der Waals surface area (Å²) in [4.78, 5) is 39.7. The van der Waals surface area contributed by atoms with Crippen LogP contribution in [0.4, 0.5) is 0 Å². The fourth-order valence-electron chi connectivity index (χ4n) is 18.2. The maximum atomic E-state index is 13.5. The SMILES string of the molecule is CC(=O)N[C@H]1[C@@H](O[C@@H]2[C@@H](O)[C@H](C)O[C@@H](O[C@H]3[C@H](O[C@H]4[C@@H](O[C@H]5[C@H](O)[C@@H](CO)O[C@H](O[C@@H]6[C@@H](O)[C@H](C)O[C@@H](O[C@H]7[C@H](O[C@H]8[C@@H](O[C@H]9[C@H](O)[C@@H](CO)O[C@H](O[C@@H]%10[C@@H](O)[C@H](C)O[C@@H](O)[C@@H]%10O)[C@@H]9NC(C)=O)O[C@H](CO)[C@H](O)[C@@H]8O)O[C@@H](C)[C@H](O)[C@H]7O)[C@@H]6O)[C@@H]5NC(C)=O)O[C@H](CO)[C@H](O)[C@@H]4O)O[C@@H](C)[C@H](O)[C@H]3O)[C@@H]2O)O[C@H](CO)[C@@H](O)[C@@H]1O[C@H]1O[C@H](CO)[C@H](O)[C@H](O)[C@H]1O[C@@H]1O[C@@H](C)[C@H](O)[C@@H](O)[C@H]1O. The van der Waals surface area contributed by atoms with Gasteiger partial charge in [0.25, 0.3) is 0 Å². The van der Waals surface area contributed by atoms with Gasteiger partial charge < -0.3 is 273 Å². The predicted molar refractivity (Wildman–Crippen MR) is 421 cm³/mol. The number of aliphatic hydroxyl groups is 29. The highest BCUT2D eigenvalue weighted by atomic mass is 16.8. The smallest absolute Gasteiger partial charge is 0.217 e. The zero-order valence-corrected chi connectivity index (χ0v) is 74.5. The summed E-state index contributed by atoms with van der Waals surface area (Å²) < 4.78 is 138. The molecule has 0 bridgehead atoms. The summed E-state index contributed by atoms with van der Waals surface area (Å²) in [6.07, 6.45) is -114. The number of ether oxygens (including phenoxy) is 23. The van der Waals surface area contributed by atoms with Gasteiger partial charge in [-0.3, -0.25) is 14.4 Å². The Balaban J connectivity index is 0.782. The number of nitrogens with one attached hydrogen (secondary N) is 3. The zero-order valence-electron chi connectivity index (χ0n) is 74.5. The van der Waals surface area contributed by atoms with E-state index in [0.717, 1.165) is 20.8 Å². The summed E-state index contributed by atoms with van der Waals surface area (Å²) in [6, 6.07) is -5.72. The van der Waals surface area contributed by atoms with Crippen molar-refractivity contribution in [2.75, 3.05) is 39.6 Å². The molecule has 0 aromatic carbocycles. The molecule has 32 N–H and O–H groups in total. The Labute approximate surface area is 773 Å². The van der Waals surface area contributed by atoms with E-state index in [1.54, 1.807) is 0 Å².